The molecule has 1 saturated heterocycles. The first-order chi connectivity index (χ1) is 13.2. The first kappa shape index (κ1) is 19.7. The first-order valence-corrected chi connectivity index (χ1v) is 10.5. The maximum Gasteiger partial charge on any atom is 0.242 e. The van der Waals surface area contributed by atoms with E-state index in [-0.39, 0.29) is 23.8 Å². The second-order valence-electron chi connectivity index (χ2n) is 7.68. The summed E-state index contributed by atoms with van der Waals surface area (Å²) in [5.74, 6) is 1.06. The lowest BCUT2D eigenvalue weighted by molar-refractivity contribution is -0.145. The van der Waals surface area contributed by atoms with Gasteiger partial charge >= 0.3 is 0 Å². The number of carbonyl (C=O) groups is 2. The van der Waals surface area contributed by atoms with Gasteiger partial charge < -0.3 is 15.0 Å². The third-order valence-electron chi connectivity index (χ3n) is 5.71. The maximum absolute atomic E-state index is 13.4. The molecule has 1 saturated carbocycles. The monoisotopic (exact) mass is 372 g/mol. The molecule has 5 heteroatoms. The summed E-state index contributed by atoms with van der Waals surface area (Å²) in [5, 5.41) is 2.99. The molecular weight excluding hydrogens is 340 g/mol. The summed E-state index contributed by atoms with van der Waals surface area (Å²) < 4.78 is 5.51. The topological polar surface area (TPSA) is 58.6 Å². The van der Waals surface area contributed by atoms with Crippen LogP contribution < -0.4 is 10.1 Å². The molecule has 3 rings (SSSR count). The second-order valence-corrected chi connectivity index (χ2v) is 7.68. The van der Waals surface area contributed by atoms with Crippen molar-refractivity contribution < 1.29 is 14.3 Å². The predicted octanol–water partition coefficient (Wildman–Crippen LogP) is 3.66. The second kappa shape index (κ2) is 9.77. The van der Waals surface area contributed by atoms with Gasteiger partial charge in [0.2, 0.25) is 11.8 Å². The fourth-order valence-corrected chi connectivity index (χ4v) is 4.20. The van der Waals surface area contributed by atoms with E-state index in [0.29, 0.717) is 19.7 Å². The predicted molar refractivity (Wildman–Crippen MR) is 105 cm³/mol. The van der Waals surface area contributed by atoms with Crippen LogP contribution in [0.3, 0.4) is 0 Å². The van der Waals surface area contributed by atoms with E-state index in [4.69, 9.17) is 4.74 Å². The van der Waals surface area contributed by atoms with Gasteiger partial charge in [-0.05, 0) is 56.7 Å². The van der Waals surface area contributed by atoms with E-state index >= 15 is 0 Å². The standard InChI is InChI=1S/C22H32N2O3/c1-2-27-19-13-11-17(12-14-19)16-24(20-10-6-7-15-23-21(20)25)22(26)18-8-4-3-5-9-18/h11-14,18,20H,2-10,15-16H2,1H3,(H,23,25). The number of nitrogens with zero attached hydrogens (tertiary/aromatic N) is 1. The quantitative estimate of drug-likeness (QED) is 0.829. The number of hydrogen-bond donors (Lipinski definition) is 1. The van der Waals surface area contributed by atoms with E-state index in [1.54, 1.807) is 0 Å². The highest BCUT2D eigenvalue weighted by Gasteiger charge is 2.34. The number of rotatable bonds is 6. The van der Waals surface area contributed by atoms with Crippen LogP contribution in [0, 0.1) is 5.92 Å². The molecule has 1 aromatic rings. The fraction of sp³-hybridized carbons (Fsp3) is 0.636. The van der Waals surface area contributed by atoms with Gasteiger partial charge in [-0.1, -0.05) is 31.4 Å². The van der Waals surface area contributed by atoms with Crippen molar-refractivity contribution in [3.63, 3.8) is 0 Å². The SMILES string of the molecule is CCOc1ccc(CN(C(=O)C2CCCCC2)C2CCCCNC2=O)cc1. The van der Waals surface area contributed by atoms with Gasteiger partial charge in [0.25, 0.3) is 0 Å². The smallest absolute Gasteiger partial charge is 0.242 e. The largest absolute Gasteiger partial charge is 0.494 e. The molecule has 0 radical (unpaired) electrons. The van der Waals surface area contributed by atoms with Gasteiger partial charge in [0.15, 0.2) is 0 Å². The third-order valence-corrected chi connectivity index (χ3v) is 5.71. The molecule has 2 amide bonds. The molecule has 1 aliphatic heterocycles. The minimum Gasteiger partial charge on any atom is -0.494 e. The molecule has 2 aliphatic rings. The van der Waals surface area contributed by atoms with Gasteiger partial charge in [-0.3, -0.25) is 9.59 Å². The summed E-state index contributed by atoms with van der Waals surface area (Å²) in [6.07, 6.45) is 8.06. The molecule has 1 atom stereocenters. The highest BCUT2D eigenvalue weighted by Crippen LogP contribution is 2.28. The molecule has 1 aromatic carbocycles. The Bertz CT molecular complexity index is 623. The van der Waals surface area contributed by atoms with Crippen molar-refractivity contribution >= 4 is 11.8 Å². The van der Waals surface area contributed by atoms with E-state index in [0.717, 1.165) is 56.3 Å². The van der Waals surface area contributed by atoms with Crippen LogP contribution in [0.4, 0.5) is 0 Å². The Balaban J connectivity index is 1.79. The number of amides is 2. The number of ether oxygens (including phenoxy) is 1. The van der Waals surface area contributed by atoms with Crippen molar-refractivity contribution in [3.05, 3.63) is 29.8 Å². The lowest BCUT2D eigenvalue weighted by Crippen LogP contribution is -2.50. The molecule has 0 spiro atoms. The zero-order valence-electron chi connectivity index (χ0n) is 16.4. The van der Waals surface area contributed by atoms with Crippen LogP contribution in [0.2, 0.25) is 0 Å². The van der Waals surface area contributed by atoms with Crippen LogP contribution in [-0.4, -0.2) is 35.9 Å². The Hall–Kier alpha value is -2.04. The summed E-state index contributed by atoms with van der Waals surface area (Å²) >= 11 is 0. The van der Waals surface area contributed by atoms with Crippen LogP contribution in [0.25, 0.3) is 0 Å². The molecule has 1 unspecified atom stereocenters. The molecule has 148 valence electrons. The van der Waals surface area contributed by atoms with Crippen molar-refractivity contribution in [2.75, 3.05) is 13.2 Å². The van der Waals surface area contributed by atoms with Crippen LogP contribution in [0.5, 0.6) is 5.75 Å². The van der Waals surface area contributed by atoms with Crippen molar-refractivity contribution in [1.29, 1.82) is 0 Å². The number of nitrogens with one attached hydrogen (secondary N) is 1. The normalized spacial score (nSPS) is 21.2. The highest BCUT2D eigenvalue weighted by molar-refractivity contribution is 5.88. The Morgan fingerprint density at radius 3 is 2.48 bits per heavy atom. The van der Waals surface area contributed by atoms with Gasteiger partial charge in [0.05, 0.1) is 6.61 Å². The van der Waals surface area contributed by atoms with Crippen molar-refractivity contribution in [2.24, 2.45) is 5.92 Å². The molecule has 1 heterocycles. The van der Waals surface area contributed by atoms with Crippen LogP contribution in [0.1, 0.15) is 63.9 Å². The molecule has 5 nitrogen and oxygen atoms in total. The maximum atomic E-state index is 13.4. The van der Waals surface area contributed by atoms with Gasteiger partial charge in [-0.2, -0.15) is 0 Å². The van der Waals surface area contributed by atoms with Gasteiger partial charge in [0, 0.05) is 19.0 Å². The van der Waals surface area contributed by atoms with E-state index in [1.807, 2.05) is 36.1 Å². The molecule has 1 aliphatic carbocycles. The molecule has 27 heavy (non-hydrogen) atoms. The Morgan fingerprint density at radius 2 is 1.78 bits per heavy atom. The summed E-state index contributed by atoms with van der Waals surface area (Å²) in [6.45, 7) is 3.79. The van der Waals surface area contributed by atoms with Crippen LogP contribution in [-0.2, 0) is 16.1 Å². The zero-order chi connectivity index (χ0) is 19.1. The first-order valence-electron chi connectivity index (χ1n) is 10.5. The lowest BCUT2D eigenvalue weighted by atomic mass is 9.87. The number of hydrogen-bond acceptors (Lipinski definition) is 3. The fourth-order valence-electron chi connectivity index (χ4n) is 4.20. The van der Waals surface area contributed by atoms with E-state index < -0.39 is 0 Å². The summed E-state index contributed by atoms with van der Waals surface area (Å²) in [4.78, 5) is 27.9. The third kappa shape index (κ3) is 5.24. The Morgan fingerprint density at radius 1 is 1.07 bits per heavy atom. The molecule has 1 N–H and O–H groups in total. The van der Waals surface area contributed by atoms with E-state index in [9.17, 15) is 9.59 Å². The summed E-state index contributed by atoms with van der Waals surface area (Å²) in [5.41, 5.74) is 1.04. The minimum absolute atomic E-state index is 0.00240. The summed E-state index contributed by atoms with van der Waals surface area (Å²) in [7, 11) is 0. The lowest BCUT2D eigenvalue weighted by Gasteiger charge is -2.34. The van der Waals surface area contributed by atoms with Crippen LogP contribution in [0.15, 0.2) is 24.3 Å². The Labute approximate surface area is 162 Å². The van der Waals surface area contributed by atoms with Crippen molar-refractivity contribution in [1.82, 2.24) is 10.2 Å². The van der Waals surface area contributed by atoms with E-state index in [2.05, 4.69) is 5.32 Å². The van der Waals surface area contributed by atoms with Gasteiger partial charge in [-0.15, -0.1) is 0 Å². The van der Waals surface area contributed by atoms with Gasteiger partial charge in [0.1, 0.15) is 11.8 Å². The zero-order valence-corrected chi connectivity index (χ0v) is 16.4. The van der Waals surface area contributed by atoms with Crippen molar-refractivity contribution in [3.8, 4) is 5.75 Å². The summed E-state index contributed by atoms with van der Waals surface area (Å²) in [6, 6.07) is 7.53. The molecular formula is C22H32N2O3. The number of carbonyl (C=O) groups excluding carboxylic acids is 2. The molecule has 0 bridgehead atoms. The van der Waals surface area contributed by atoms with E-state index in [1.165, 1.54) is 6.42 Å². The average molecular weight is 373 g/mol. The minimum atomic E-state index is -0.353. The number of benzene rings is 1. The Kier molecular flexibility index (Phi) is 7.13. The molecule has 0 aromatic heterocycles. The molecule has 2 fully saturated rings. The highest BCUT2D eigenvalue weighted by atomic mass is 16.5. The average Bonchev–Trinajstić information content (AvgIpc) is 2.92. The van der Waals surface area contributed by atoms with Crippen molar-refractivity contribution in [2.45, 2.75) is 70.9 Å². The van der Waals surface area contributed by atoms with Gasteiger partial charge in [-0.25, -0.2) is 0 Å². The van der Waals surface area contributed by atoms with Crippen LogP contribution >= 0.6 is 0 Å².